The third-order valence-electron chi connectivity index (χ3n) is 3.75. The van der Waals surface area contributed by atoms with Crippen molar-refractivity contribution in [3.63, 3.8) is 0 Å². The van der Waals surface area contributed by atoms with Gasteiger partial charge in [0.15, 0.2) is 11.5 Å². The van der Waals surface area contributed by atoms with Gasteiger partial charge in [-0.15, -0.1) is 11.3 Å². The summed E-state index contributed by atoms with van der Waals surface area (Å²) in [5, 5.41) is 11.2. The Hall–Kier alpha value is -2.65. The van der Waals surface area contributed by atoms with Crippen LogP contribution in [0.1, 0.15) is 0 Å². The standard InChI is InChI=1S/C16H9BrN4O3S/c17-13-4-3-12(25-13)15-19-16(24-21-15)9-6-18-20-14(9)8-1-2-10-11(5-8)23-7-22-10/h1-6H,7H2,(H,18,20). The van der Waals surface area contributed by atoms with Gasteiger partial charge in [0.25, 0.3) is 5.89 Å². The minimum atomic E-state index is 0.234. The van der Waals surface area contributed by atoms with E-state index in [1.54, 1.807) is 17.5 Å². The van der Waals surface area contributed by atoms with Crippen LogP contribution in [-0.4, -0.2) is 27.1 Å². The third-order valence-corrected chi connectivity index (χ3v) is 5.37. The van der Waals surface area contributed by atoms with Crippen LogP contribution in [-0.2, 0) is 0 Å². The first kappa shape index (κ1) is 14.7. The second-order valence-corrected chi connectivity index (χ2v) is 7.72. The maximum absolute atomic E-state index is 5.44. The summed E-state index contributed by atoms with van der Waals surface area (Å²) in [5.74, 6) is 2.38. The van der Waals surface area contributed by atoms with Crippen molar-refractivity contribution >= 4 is 27.3 Å². The van der Waals surface area contributed by atoms with Gasteiger partial charge < -0.3 is 14.0 Å². The summed E-state index contributed by atoms with van der Waals surface area (Å²) in [4.78, 5) is 5.42. The summed E-state index contributed by atoms with van der Waals surface area (Å²) in [6, 6.07) is 9.58. The zero-order chi connectivity index (χ0) is 16.8. The molecule has 1 aliphatic heterocycles. The number of ether oxygens (including phenoxy) is 2. The van der Waals surface area contributed by atoms with Crippen LogP contribution in [0.4, 0.5) is 0 Å². The average molecular weight is 417 g/mol. The van der Waals surface area contributed by atoms with Crippen molar-refractivity contribution < 1.29 is 14.0 Å². The van der Waals surface area contributed by atoms with Crippen molar-refractivity contribution in [3.8, 4) is 44.9 Å². The number of benzene rings is 1. The van der Waals surface area contributed by atoms with Crippen LogP contribution in [0, 0.1) is 0 Å². The largest absolute Gasteiger partial charge is 0.454 e. The molecule has 5 rings (SSSR count). The van der Waals surface area contributed by atoms with E-state index in [-0.39, 0.29) is 6.79 Å². The summed E-state index contributed by atoms with van der Waals surface area (Å²) in [7, 11) is 0. The van der Waals surface area contributed by atoms with Crippen LogP contribution in [0.2, 0.25) is 0 Å². The van der Waals surface area contributed by atoms with E-state index in [1.807, 2.05) is 30.3 Å². The molecular formula is C16H9BrN4O3S. The number of hydrogen-bond acceptors (Lipinski definition) is 7. The van der Waals surface area contributed by atoms with E-state index in [2.05, 4.69) is 36.3 Å². The second-order valence-electron chi connectivity index (χ2n) is 5.25. The molecule has 1 aliphatic rings. The molecule has 1 aromatic carbocycles. The summed E-state index contributed by atoms with van der Waals surface area (Å²) in [6.07, 6.45) is 1.67. The predicted molar refractivity (Wildman–Crippen MR) is 94.5 cm³/mol. The number of nitrogens with one attached hydrogen (secondary N) is 1. The molecule has 0 fully saturated rings. The Bertz CT molecular complexity index is 1070. The molecule has 0 radical (unpaired) electrons. The molecule has 4 heterocycles. The Kier molecular flexibility index (Phi) is 3.35. The molecule has 0 aliphatic carbocycles. The Morgan fingerprint density at radius 3 is 2.92 bits per heavy atom. The first-order valence-electron chi connectivity index (χ1n) is 7.31. The molecule has 9 heteroatoms. The van der Waals surface area contributed by atoms with Crippen LogP contribution in [0.3, 0.4) is 0 Å². The van der Waals surface area contributed by atoms with E-state index in [9.17, 15) is 0 Å². The van der Waals surface area contributed by atoms with E-state index in [0.717, 1.165) is 31.2 Å². The number of thiophene rings is 1. The van der Waals surface area contributed by atoms with Gasteiger partial charge in [-0.2, -0.15) is 10.1 Å². The smallest absolute Gasteiger partial charge is 0.262 e. The molecule has 0 saturated carbocycles. The Labute approximate surface area is 153 Å². The zero-order valence-corrected chi connectivity index (χ0v) is 14.9. The van der Waals surface area contributed by atoms with Crippen molar-refractivity contribution in [2.75, 3.05) is 6.79 Å². The lowest BCUT2D eigenvalue weighted by atomic mass is 10.1. The lowest BCUT2D eigenvalue weighted by molar-refractivity contribution is 0.174. The highest BCUT2D eigenvalue weighted by Gasteiger charge is 2.20. The van der Waals surface area contributed by atoms with Gasteiger partial charge in [-0.05, 0) is 46.3 Å². The summed E-state index contributed by atoms with van der Waals surface area (Å²) in [5.41, 5.74) is 2.41. The fourth-order valence-corrected chi connectivity index (χ4v) is 3.90. The molecule has 0 atom stereocenters. The monoisotopic (exact) mass is 416 g/mol. The fraction of sp³-hybridized carbons (Fsp3) is 0.0625. The van der Waals surface area contributed by atoms with Crippen LogP contribution in [0.25, 0.3) is 33.4 Å². The van der Waals surface area contributed by atoms with Crippen LogP contribution < -0.4 is 9.47 Å². The van der Waals surface area contributed by atoms with Crippen LogP contribution >= 0.6 is 27.3 Å². The molecule has 0 unspecified atom stereocenters. The minimum Gasteiger partial charge on any atom is -0.454 e. The number of nitrogens with zero attached hydrogens (tertiary/aromatic N) is 3. The summed E-state index contributed by atoms with van der Waals surface area (Å²) in [6.45, 7) is 0.234. The number of H-pyrrole nitrogens is 1. The van der Waals surface area contributed by atoms with Gasteiger partial charge in [0, 0.05) is 5.56 Å². The first-order chi connectivity index (χ1) is 12.3. The number of aromatic nitrogens is 4. The van der Waals surface area contributed by atoms with E-state index in [1.165, 1.54) is 0 Å². The quantitative estimate of drug-likeness (QED) is 0.534. The van der Waals surface area contributed by atoms with Crippen molar-refractivity contribution in [3.05, 3.63) is 40.3 Å². The van der Waals surface area contributed by atoms with Gasteiger partial charge in [-0.25, -0.2) is 0 Å². The van der Waals surface area contributed by atoms with Gasteiger partial charge in [0.1, 0.15) is 0 Å². The summed E-state index contributed by atoms with van der Waals surface area (Å²) < 4.78 is 17.2. The second kappa shape index (κ2) is 5.71. The predicted octanol–water partition coefficient (Wildman–Crippen LogP) is 4.35. The van der Waals surface area contributed by atoms with E-state index in [4.69, 9.17) is 14.0 Å². The van der Waals surface area contributed by atoms with E-state index < -0.39 is 0 Å². The van der Waals surface area contributed by atoms with Gasteiger partial charge in [-0.3, -0.25) is 5.10 Å². The van der Waals surface area contributed by atoms with Gasteiger partial charge >= 0.3 is 0 Å². The highest BCUT2D eigenvalue weighted by Crippen LogP contribution is 2.38. The van der Waals surface area contributed by atoms with E-state index in [0.29, 0.717) is 17.5 Å². The minimum absolute atomic E-state index is 0.234. The third kappa shape index (κ3) is 2.52. The lowest BCUT2D eigenvalue weighted by Crippen LogP contribution is -1.92. The van der Waals surface area contributed by atoms with Gasteiger partial charge in [-0.1, -0.05) is 5.16 Å². The SMILES string of the molecule is Brc1ccc(-c2noc(-c3cn[nH]c3-c3ccc4c(c3)OCO4)n2)s1. The molecule has 124 valence electrons. The number of halogens is 1. The van der Waals surface area contributed by atoms with Crippen molar-refractivity contribution in [1.82, 2.24) is 20.3 Å². The number of hydrogen-bond donors (Lipinski definition) is 1. The number of rotatable bonds is 3. The molecule has 25 heavy (non-hydrogen) atoms. The Morgan fingerprint density at radius 2 is 2.04 bits per heavy atom. The van der Waals surface area contributed by atoms with Gasteiger partial charge in [0.2, 0.25) is 12.6 Å². The molecule has 0 amide bonds. The molecule has 0 bridgehead atoms. The maximum Gasteiger partial charge on any atom is 0.262 e. The van der Waals surface area contributed by atoms with Crippen molar-refractivity contribution in [2.45, 2.75) is 0 Å². The molecule has 7 nitrogen and oxygen atoms in total. The normalized spacial score (nSPS) is 12.7. The highest BCUT2D eigenvalue weighted by molar-refractivity contribution is 9.11. The molecule has 3 aromatic heterocycles. The molecule has 4 aromatic rings. The zero-order valence-electron chi connectivity index (χ0n) is 12.5. The highest BCUT2D eigenvalue weighted by atomic mass is 79.9. The molecule has 1 N–H and O–H groups in total. The van der Waals surface area contributed by atoms with Crippen LogP contribution in [0.15, 0.2) is 44.8 Å². The Morgan fingerprint density at radius 1 is 1.12 bits per heavy atom. The fourth-order valence-electron chi connectivity index (χ4n) is 2.59. The number of fused-ring (bicyclic) bond motifs is 1. The van der Waals surface area contributed by atoms with Gasteiger partial charge in [0.05, 0.1) is 26.1 Å². The molecular weight excluding hydrogens is 408 g/mol. The molecule has 0 spiro atoms. The van der Waals surface area contributed by atoms with Crippen LogP contribution in [0.5, 0.6) is 11.5 Å². The number of aromatic amines is 1. The van der Waals surface area contributed by atoms with E-state index >= 15 is 0 Å². The summed E-state index contributed by atoms with van der Waals surface area (Å²) >= 11 is 4.98. The molecule has 0 saturated heterocycles. The Balaban J connectivity index is 1.54. The van der Waals surface area contributed by atoms with Crippen molar-refractivity contribution in [2.24, 2.45) is 0 Å². The maximum atomic E-state index is 5.44. The first-order valence-corrected chi connectivity index (χ1v) is 8.92. The average Bonchev–Trinajstić information content (AvgIpc) is 3.39. The lowest BCUT2D eigenvalue weighted by Gasteiger charge is -2.02. The van der Waals surface area contributed by atoms with Crippen molar-refractivity contribution in [1.29, 1.82) is 0 Å². The topological polar surface area (TPSA) is 86.1 Å².